The minimum absolute atomic E-state index is 0.163. The monoisotopic (exact) mass is 115 g/mol. The summed E-state index contributed by atoms with van der Waals surface area (Å²) in [7, 11) is -0.719. The SMILES string of the molecule is N[C@H]1CCCOB1O. The van der Waals surface area contributed by atoms with Crippen molar-refractivity contribution >= 4 is 7.12 Å². The van der Waals surface area contributed by atoms with Crippen LogP contribution >= 0.6 is 0 Å². The molecule has 1 atom stereocenters. The average Bonchev–Trinajstić information content (AvgIpc) is 1.77. The molecule has 0 saturated carbocycles. The molecule has 1 saturated heterocycles. The van der Waals surface area contributed by atoms with E-state index in [-0.39, 0.29) is 5.94 Å². The molecule has 1 rings (SSSR count). The summed E-state index contributed by atoms with van der Waals surface area (Å²) in [6.45, 7) is 0.648. The Hall–Kier alpha value is -0.0551. The van der Waals surface area contributed by atoms with E-state index in [1.165, 1.54) is 0 Å². The topological polar surface area (TPSA) is 55.5 Å². The Balaban J connectivity index is 2.28. The normalized spacial score (nSPS) is 30.8. The predicted octanol–water partition coefficient (Wildman–Crippen LogP) is -0.856. The van der Waals surface area contributed by atoms with Gasteiger partial charge in [0.1, 0.15) is 0 Å². The summed E-state index contributed by atoms with van der Waals surface area (Å²) >= 11 is 0. The highest BCUT2D eigenvalue weighted by Crippen LogP contribution is 2.05. The molecule has 8 heavy (non-hydrogen) atoms. The van der Waals surface area contributed by atoms with Gasteiger partial charge in [-0.25, -0.2) is 0 Å². The van der Waals surface area contributed by atoms with Gasteiger partial charge >= 0.3 is 7.12 Å². The highest BCUT2D eigenvalue weighted by molar-refractivity contribution is 6.45. The third-order valence-corrected chi connectivity index (χ3v) is 1.34. The van der Waals surface area contributed by atoms with Crippen LogP contribution in [0.25, 0.3) is 0 Å². The van der Waals surface area contributed by atoms with E-state index < -0.39 is 7.12 Å². The Kier molecular flexibility index (Phi) is 1.88. The first-order chi connectivity index (χ1) is 3.80. The zero-order chi connectivity index (χ0) is 5.98. The van der Waals surface area contributed by atoms with Crippen LogP contribution in [0.5, 0.6) is 0 Å². The van der Waals surface area contributed by atoms with E-state index in [4.69, 9.17) is 15.4 Å². The maximum Gasteiger partial charge on any atom is 0.472 e. The molecule has 0 aromatic carbocycles. The second-order valence-electron chi connectivity index (χ2n) is 2.07. The van der Waals surface area contributed by atoms with Crippen LogP contribution in [-0.4, -0.2) is 24.7 Å². The van der Waals surface area contributed by atoms with Gasteiger partial charge in [0.15, 0.2) is 0 Å². The first-order valence-corrected chi connectivity index (χ1v) is 2.86. The standard InChI is InChI=1S/C4H10BNO2/c6-4-2-1-3-8-5(4)7/h4,7H,1-3,6H2/t4-/m0/s1. The molecule has 3 N–H and O–H groups in total. The van der Waals surface area contributed by atoms with Gasteiger partial charge in [0.2, 0.25) is 0 Å². The van der Waals surface area contributed by atoms with E-state index in [1.807, 2.05) is 0 Å². The van der Waals surface area contributed by atoms with Crippen LogP contribution in [0, 0.1) is 0 Å². The van der Waals surface area contributed by atoms with Crippen molar-refractivity contribution in [3.63, 3.8) is 0 Å². The van der Waals surface area contributed by atoms with Gasteiger partial charge in [-0.1, -0.05) is 0 Å². The van der Waals surface area contributed by atoms with E-state index in [1.54, 1.807) is 0 Å². The fourth-order valence-corrected chi connectivity index (χ4v) is 0.789. The first-order valence-electron chi connectivity index (χ1n) is 2.86. The Bertz CT molecular complexity index is 70.4. The van der Waals surface area contributed by atoms with Crippen LogP contribution in [-0.2, 0) is 4.65 Å². The molecule has 46 valence electrons. The third-order valence-electron chi connectivity index (χ3n) is 1.34. The van der Waals surface area contributed by atoms with Crippen molar-refractivity contribution in [2.75, 3.05) is 6.61 Å². The van der Waals surface area contributed by atoms with Crippen LogP contribution in [0.3, 0.4) is 0 Å². The fourth-order valence-electron chi connectivity index (χ4n) is 0.789. The Morgan fingerprint density at radius 2 is 2.50 bits per heavy atom. The molecule has 1 heterocycles. The average molecular weight is 115 g/mol. The van der Waals surface area contributed by atoms with E-state index >= 15 is 0 Å². The zero-order valence-corrected chi connectivity index (χ0v) is 4.71. The molecule has 0 aromatic heterocycles. The van der Waals surface area contributed by atoms with Gasteiger partial charge in [0.05, 0.1) is 0 Å². The lowest BCUT2D eigenvalue weighted by Gasteiger charge is -2.19. The molecule has 0 aromatic rings. The van der Waals surface area contributed by atoms with Crippen LogP contribution in [0.1, 0.15) is 12.8 Å². The second kappa shape index (κ2) is 2.48. The van der Waals surface area contributed by atoms with E-state index in [0.29, 0.717) is 6.61 Å². The molecule has 0 aliphatic carbocycles. The highest BCUT2D eigenvalue weighted by Gasteiger charge is 2.25. The molecule has 0 radical (unpaired) electrons. The predicted molar refractivity (Wildman–Crippen MR) is 31.1 cm³/mol. The minimum Gasteiger partial charge on any atom is -0.426 e. The number of hydrogen-bond acceptors (Lipinski definition) is 3. The van der Waals surface area contributed by atoms with Gasteiger partial charge < -0.3 is 15.4 Å². The van der Waals surface area contributed by atoms with Crippen molar-refractivity contribution in [1.82, 2.24) is 0 Å². The lowest BCUT2D eigenvalue weighted by molar-refractivity contribution is 0.214. The fraction of sp³-hybridized carbons (Fsp3) is 1.00. The molecular formula is C4H10BNO2. The van der Waals surface area contributed by atoms with Crippen molar-refractivity contribution < 1.29 is 9.68 Å². The second-order valence-corrected chi connectivity index (χ2v) is 2.07. The van der Waals surface area contributed by atoms with Gasteiger partial charge in [0, 0.05) is 12.5 Å². The molecular weight excluding hydrogens is 105 g/mol. The maximum atomic E-state index is 8.83. The first kappa shape index (κ1) is 6.07. The Morgan fingerprint density at radius 3 is 2.88 bits per heavy atom. The van der Waals surface area contributed by atoms with Gasteiger partial charge in [-0.15, -0.1) is 0 Å². The summed E-state index contributed by atoms with van der Waals surface area (Å²) < 4.78 is 4.82. The largest absolute Gasteiger partial charge is 0.472 e. The molecule has 1 aliphatic rings. The summed E-state index contributed by atoms with van der Waals surface area (Å²) in [6, 6.07) is 0. The van der Waals surface area contributed by atoms with Gasteiger partial charge in [0.25, 0.3) is 0 Å². The Morgan fingerprint density at radius 1 is 1.75 bits per heavy atom. The van der Waals surface area contributed by atoms with Crippen molar-refractivity contribution in [3.8, 4) is 0 Å². The molecule has 0 unspecified atom stereocenters. The number of nitrogens with two attached hydrogens (primary N) is 1. The number of hydrogen-bond donors (Lipinski definition) is 2. The van der Waals surface area contributed by atoms with Gasteiger partial charge in [-0.05, 0) is 12.8 Å². The van der Waals surface area contributed by atoms with E-state index in [2.05, 4.69) is 0 Å². The summed E-state index contributed by atoms with van der Waals surface area (Å²) in [5.74, 6) is -0.163. The molecule has 1 fully saturated rings. The van der Waals surface area contributed by atoms with Gasteiger partial charge in [-0.2, -0.15) is 0 Å². The summed E-state index contributed by atoms with van der Waals surface area (Å²) in [5, 5.41) is 8.83. The van der Waals surface area contributed by atoms with Crippen molar-refractivity contribution in [2.45, 2.75) is 18.8 Å². The third kappa shape index (κ3) is 1.21. The molecule has 0 amide bonds. The molecule has 0 bridgehead atoms. The zero-order valence-electron chi connectivity index (χ0n) is 4.71. The van der Waals surface area contributed by atoms with Crippen molar-refractivity contribution in [3.05, 3.63) is 0 Å². The summed E-state index contributed by atoms with van der Waals surface area (Å²) in [6.07, 6.45) is 1.85. The quantitative estimate of drug-likeness (QED) is 0.404. The maximum absolute atomic E-state index is 8.83. The molecule has 0 spiro atoms. The van der Waals surface area contributed by atoms with Crippen molar-refractivity contribution in [2.24, 2.45) is 5.73 Å². The minimum atomic E-state index is -0.719. The van der Waals surface area contributed by atoms with Gasteiger partial charge in [-0.3, -0.25) is 0 Å². The highest BCUT2D eigenvalue weighted by atomic mass is 16.5. The van der Waals surface area contributed by atoms with Crippen LogP contribution in [0.4, 0.5) is 0 Å². The lowest BCUT2D eigenvalue weighted by atomic mass is 9.75. The molecule has 4 heteroatoms. The molecule has 1 aliphatic heterocycles. The van der Waals surface area contributed by atoms with Crippen molar-refractivity contribution in [1.29, 1.82) is 0 Å². The summed E-state index contributed by atoms with van der Waals surface area (Å²) in [4.78, 5) is 0. The van der Waals surface area contributed by atoms with Crippen LogP contribution in [0.15, 0.2) is 0 Å². The Labute approximate surface area is 49.0 Å². The molecule has 3 nitrogen and oxygen atoms in total. The van der Waals surface area contributed by atoms with E-state index in [0.717, 1.165) is 12.8 Å². The number of rotatable bonds is 0. The van der Waals surface area contributed by atoms with E-state index in [9.17, 15) is 0 Å². The smallest absolute Gasteiger partial charge is 0.426 e. The summed E-state index contributed by atoms with van der Waals surface area (Å²) in [5.41, 5.74) is 5.40. The van der Waals surface area contributed by atoms with Crippen LogP contribution in [0.2, 0.25) is 0 Å². The van der Waals surface area contributed by atoms with Crippen LogP contribution < -0.4 is 5.73 Å². The lowest BCUT2D eigenvalue weighted by Crippen LogP contribution is -2.44.